The number of carbonyl (C=O) groups is 1. The average molecular weight is 482 g/mol. The molecular weight excluding hydrogens is 450 g/mol. The summed E-state index contributed by atoms with van der Waals surface area (Å²) in [5, 5.41) is 7.64. The molecule has 4 aromatic rings. The molecule has 3 aromatic carbocycles. The number of anilines is 1. The molecule has 1 N–H and O–H groups in total. The molecule has 1 aromatic heterocycles. The number of methoxy groups -OCH3 is 1. The summed E-state index contributed by atoms with van der Waals surface area (Å²) in [4.78, 5) is 12.7. The minimum Gasteiger partial charge on any atom is -0.496 e. The molecule has 0 aliphatic rings. The lowest BCUT2D eigenvalue weighted by Gasteiger charge is -2.11. The van der Waals surface area contributed by atoms with E-state index in [4.69, 9.17) is 9.47 Å². The first-order valence-electron chi connectivity index (χ1n) is 11.9. The Bertz CT molecular complexity index is 1370. The number of aromatic nitrogens is 2. The lowest BCUT2D eigenvalue weighted by atomic mass is 10.1. The zero-order chi connectivity index (χ0) is 25.5. The summed E-state index contributed by atoms with van der Waals surface area (Å²) < 4.78 is 13.3. The highest BCUT2D eigenvalue weighted by Crippen LogP contribution is 2.24. The fraction of sp³-hybridized carbons (Fsp3) is 0.200. The Balaban J connectivity index is 1.44. The first-order chi connectivity index (χ1) is 17.4. The summed E-state index contributed by atoms with van der Waals surface area (Å²) in [5.41, 5.74) is 6.63. The van der Waals surface area contributed by atoms with Gasteiger partial charge in [0.25, 0.3) is 0 Å². The minimum atomic E-state index is -0.213. The van der Waals surface area contributed by atoms with Crippen LogP contribution in [0.4, 0.5) is 5.69 Å². The summed E-state index contributed by atoms with van der Waals surface area (Å²) in [6, 6.07) is 23.6. The van der Waals surface area contributed by atoms with Crippen molar-refractivity contribution in [2.24, 2.45) is 0 Å². The number of amides is 1. The predicted molar refractivity (Wildman–Crippen MR) is 143 cm³/mol. The van der Waals surface area contributed by atoms with Crippen LogP contribution in [0.2, 0.25) is 0 Å². The highest BCUT2D eigenvalue weighted by molar-refractivity contribution is 6.02. The third-order valence-electron chi connectivity index (χ3n) is 6.08. The molecule has 6 heteroatoms. The SMILES string of the molecule is COc1ccc(/C=C/C(=O)Nc2c(C)nn(Cc3ccccc3C)c2C)cc1COc1ccccc1. The molecular formula is C30H31N3O3. The van der Waals surface area contributed by atoms with Crippen LogP contribution in [0, 0.1) is 20.8 Å². The fourth-order valence-electron chi connectivity index (χ4n) is 4.01. The van der Waals surface area contributed by atoms with Gasteiger partial charge in [0.2, 0.25) is 5.91 Å². The summed E-state index contributed by atoms with van der Waals surface area (Å²) >= 11 is 0. The normalized spacial score (nSPS) is 11.0. The van der Waals surface area contributed by atoms with E-state index in [9.17, 15) is 4.79 Å². The van der Waals surface area contributed by atoms with E-state index in [2.05, 4.69) is 29.5 Å². The van der Waals surface area contributed by atoms with E-state index in [1.54, 1.807) is 13.2 Å². The number of aryl methyl sites for hydroxylation is 2. The number of nitrogens with zero attached hydrogens (tertiary/aromatic N) is 2. The van der Waals surface area contributed by atoms with Gasteiger partial charge in [0.15, 0.2) is 0 Å². The molecule has 4 rings (SSSR count). The van der Waals surface area contributed by atoms with Crippen LogP contribution in [0.25, 0.3) is 6.08 Å². The predicted octanol–water partition coefficient (Wildman–Crippen LogP) is 6.10. The quantitative estimate of drug-likeness (QED) is 0.294. The molecule has 0 radical (unpaired) electrons. The molecule has 0 spiro atoms. The first-order valence-corrected chi connectivity index (χ1v) is 11.9. The number of benzene rings is 3. The topological polar surface area (TPSA) is 65.4 Å². The lowest BCUT2D eigenvalue weighted by Crippen LogP contribution is -2.10. The van der Waals surface area contributed by atoms with Crippen molar-refractivity contribution in [1.29, 1.82) is 0 Å². The Labute approximate surface area is 212 Å². The molecule has 184 valence electrons. The summed E-state index contributed by atoms with van der Waals surface area (Å²) in [6.45, 7) is 6.99. The van der Waals surface area contributed by atoms with E-state index in [0.717, 1.165) is 39.7 Å². The van der Waals surface area contributed by atoms with Crippen molar-refractivity contribution < 1.29 is 14.3 Å². The maximum Gasteiger partial charge on any atom is 0.248 e. The minimum absolute atomic E-state index is 0.213. The maximum atomic E-state index is 12.7. The number of para-hydroxylation sites is 1. The standard InChI is InChI=1S/C30H31N3O3/c1-21-10-8-9-11-25(21)19-33-23(3)30(22(2)32-33)31-29(34)17-15-24-14-16-28(35-4)26(18-24)20-36-27-12-6-5-7-13-27/h5-18H,19-20H2,1-4H3,(H,31,34)/b17-15+. The smallest absolute Gasteiger partial charge is 0.248 e. The van der Waals surface area contributed by atoms with Gasteiger partial charge in [0.1, 0.15) is 18.1 Å². The van der Waals surface area contributed by atoms with Crippen molar-refractivity contribution in [1.82, 2.24) is 9.78 Å². The molecule has 0 fully saturated rings. The number of hydrogen-bond acceptors (Lipinski definition) is 4. The molecule has 0 saturated carbocycles. The van der Waals surface area contributed by atoms with Gasteiger partial charge < -0.3 is 14.8 Å². The number of hydrogen-bond donors (Lipinski definition) is 1. The van der Waals surface area contributed by atoms with Crippen LogP contribution in [0.15, 0.2) is 78.9 Å². The van der Waals surface area contributed by atoms with Gasteiger partial charge in [-0.1, -0.05) is 48.5 Å². The lowest BCUT2D eigenvalue weighted by molar-refractivity contribution is -0.111. The van der Waals surface area contributed by atoms with Crippen molar-refractivity contribution in [2.45, 2.75) is 33.9 Å². The average Bonchev–Trinajstić information content (AvgIpc) is 3.15. The number of nitrogens with one attached hydrogen (secondary N) is 1. The largest absolute Gasteiger partial charge is 0.496 e. The monoisotopic (exact) mass is 481 g/mol. The summed E-state index contributed by atoms with van der Waals surface area (Å²) in [7, 11) is 1.63. The second-order valence-electron chi connectivity index (χ2n) is 8.63. The highest BCUT2D eigenvalue weighted by Gasteiger charge is 2.14. The Hall–Kier alpha value is -4.32. The van der Waals surface area contributed by atoms with Gasteiger partial charge in [-0.2, -0.15) is 5.10 Å². The van der Waals surface area contributed by atoms with Crippen molar-refractivity contribution in [2.75, 3.05) is 12.4 Å². The van der Waals surface area contributed by atoms with E-state index in [-0.39, 0.29) is 5.91 Å². The fourth-order valence-corrected chi connectivity index (χ4v) is 4.01. The third kappa shape index (κ3) is 6.02. The van der Waals surface area contributed by atoms with Gasteiger partial charge in [0, 0.05) is 11.6 Å². The van der Waals surface area contributed by atoms with Crippen molar-refractivity contribution in [3.8, 4) is 11.5 Å². The van der Waals surface area contributed by atoms with E-state index >= 15 is 0 Å². The second-order valence-corrected chi connectivity index (χ2v) is 8.63. The van der Waals surface area contributed by atoms with Crippen LogP contribution < -0.4 is 14.8 Å². The van der Waals surface area contributed by atoms with Crippen LogP contribution >= 0.6 is 0 Å². The van der Waals surface area contributed by atoms with Gasteiger partial charge in [0.05, 0.1) is 30.7 Å². The third-order valence-corrected chi connectivity index (χ3v) is 6.08. The Morgan fingerprint density at radius 2 is 1.72 bits per heavy atom. The zero-order valence-electron chi connectivity index (χ0n) is 21.1. The van der Waals surface area contributed by atoms with Crippen LogP contribution in [0.1, 0.15) is 33.6 Å². The molecule has 6 nitrogen and oxygen atoms in total. The Morgan fingerprint density at radius 3 is 2.47 bits per heavy atom. The van der Waals surface area contributed by atoms with Gasteiger partial charge in [-0.05, 0) is 67.8 Å². The van der Waals surface area contributed by atoms with Gasteiger partial charge in [-0.3, -0.25) is 9.48 Å². The Kier molecular flexibility index (Phi) is 7.85. The Morgan fingerprint density at radius 1 is 0.972 bits per heavy atom. The molecule has 0 unspecified atom stereocenters. The van der Waals surface area contributed by atoms with E-state index < -0.39 is 0 Å². The molecule has 0 aliphatic carbocycles. The molecule has 1 amide bonds. The van der Waals surface area contributed by atoms with Crippen LogP contribution in [-0.4, -0.2) is 22.8 Å². The number of carbonyl (C=O) groups excluding carboxylic acids is 1. The van der Waals surface area contributed by atoms with E-state index in [1.807, 2.05) is 79.2 Å². The van der Waals surface area contributed by atoms with Crippen molar-refractivity contribution >= 4 is 17.7 Å². The molecule has 1 heterocycles. The molecule has 0 aliphatic heterocycles. The van der Waals surface area contributed by atoms with Crippen molar-refractivity contribution in [3.63, 3.8) is 0 Å². The van der Waals surface area contributed by atoms with Gasteiger partial charge in [-0.15, -0.1) is 0 Å². The number of rotatable bonds is 9. The van der Waals surface area contributed by atoms with Crippen molar-refractivity contribution in [3.05, 3.63) is 113 Å². The zero-order valence-corrected chi connectivity index (χ0v) is 21.1. The number of ether oxygens (including phenoxy) is 2. The molecule has 0 bridgehead atoms. The maximum absolute atomic E-state index is 12.7. The first kappa shape index (κ1) is 24.8. The summed E-state index contributed by atoms with van der Waals surface area (Å²) in [6.07, 6.45) is 3.31. The van der Waals surface area contributed by atoms with Gasteiger partial charge in [-0.25, -0.2) is 0 Å². The van der Waals surface area contributed by atoms with E-state index in [0.29, 0.717) is 13.2 Å². The molecule has 36 heavy (non-hydrogen) atoms. The second kappa shape index (κ2) is 11.4. The van der Waals surface area contributed by atoms with Crippen LogP contribution in [0.5, 0.6) is 11.5 Å². The van der Waals surface area contributed by atoms with E-state index in [1.165, 1.54) is 17.2 Å². The van der Waals surface area contributed by atoms with Crippen LogP contribution in [0.3, 0.4) is 0 Å². The molecule has 0 atom stereocenters. The highest BCUT2D eigenvalue weighted by atomic mass is 16.5. The van der Waals surface area contributed by atoms with Gasteiger partial charge >= 0.3 is 0 Å². The molecule has 0 saturated heterocycles. The summed E-state index contributed by atoms with van der Waals surface area (Å²) in [5.74, 6) is 1.31. The van der Waals surface area contributed by atoms with Crippen LogP contribution in [-0.2, 0) is 17.9 Å².